The molecule has 4 atom stereocenters. The van der Waals surface area contributed by atoms with Crippen molar-refractivity contribution in [1.82, 2.24) is 0 Å². The van der Waals surface area contributed by atoms with Crippen molar-refractivity contribution in [2.45, 2.75) is 94.7 Å². The van der Waals surface area contributed by atoms with Crippen LogP contribution in [-0.2, 0) is 4.74 Å². The van der Waals surface area contributed by atoms with Crippen LogP contribution in [0.1, 0.15) is 70.2 Å². The van der Waals surface area contributed by atoms with Gasteiger partial charge in [0.05, 0.1) is 24.4 Å². The molecule has 0 aromatic carbocycles. The Labute approximate surface area is 134 Å². The minimum Gasteiger partial charge on any atom is -0.390 e. The minimum absolute atomic E-state index is 0. The van der Waals surface area contributed by atoms with Crippen LogP contribution in [0.25, 0.3) is 0 Å². The maximum absolute atomic E-state index is 9.32. The molecule has 4 unspecified atom stereocenters. The largest absolute Gasteiger partial charge is 0.390 e. The smallest absolute Gasteiger partial charge is 0.0867 e. The third-order valence-corrected chi connectivity index (χ3v) is 3.59. The van der Waals surface area contributed by atoms with Crippen LogP contribution < -0.4 is 0 Å². The van der Waals surface area contributed by atoms with Crippen LogP contribution in [0.15, 0.2) is 0 Å². The molecule has 3 heteroatoms. The first-order valence-electron chi connectivity index (χ1n) is 7.61. The normalized spacial score (nSPS) is 23.1. The fourth-order valence-corrected chi connectivity index (χ4v) is 2.00. The Bertz CT molecular complexity index is 213. The van der Waals surface area contributed by atoms with Gasteiger partial charge >= 0.3 is 0 Å². The summed E-state index contributed by atoms with van der Waals surface area (Å²) in [5.74, 6) is 1.68. The molecule has 1 aliphatic heterocycles. The molecule has 0 aliphatic carbocycles. The first-order valence-corrected chi connectivity index (χ1v) is 7.61. The molecular weight excluding hydrogens is 264 g/mol. The van der Waals surface area contributed by atoms with E-state index in [1.54, 1.807) is 0 Å². The number of rotatable bonds is 5. The third-order valence-electron chi connectivity index (χ3n) is 3.59. The molecule has 1 rings (SSSR count). The Hall–Kier alpha value is -0.120. The molecule has 0 bridgehead atoms. The molecule has 1 fully saturated rings. The predicted molar refractivity (Wildman–Crippen MR) is 93.5 cm³/mol. The van der Waals surface area contributed by atoms with Crippen LogP contribution in [0, 0.1) is 23.7 Å². The first kappa shape index (κ1) is 25.8. The maximum atomic E-state index is 9.32. The maximum Gasteiger partial charge on any atom is 0.0867 e. The second-order valence-electron chi connectivity index (χ2n) is 7.02. The zero-order valence-corrected chi connectivity index (χ0v) is 13.9. The van der Waals surface area contributed by atoms with E-state index in [4.69, 9.17) is 4.74 Å². The summed E-state index contributed by atoms with van der Waals surface area (Å²) in [5, 5.41) is 18.6. The van der Waals surface area contributed by atoms with Gasteiger partial charge in [-0.2, -0.15) is 0 Å². The lowest BCUT2D eigenvalue weighted by Gasteiger charge is -2.23. The van der Waals surface area contributed by atoms with E-state index >= 15 is 0 Å². The number of ether oxygens (including phenoxy) is 1. The fourth-order valence-electron chi connectivity index (χ4n) is 2.00. The lowest BCUT2D eigenvalue weighted by atomic mass is 9.94. The summed E-state index contributed by atoms with van der Waals surface area (Å²) in [5.41, 5.74) is 0. The minimum atomic E-state index is -0.583. The quantitative estimate of drug-likeness (QED) is 0.742. The standard InChI is InChI=1S/C8H18O2.C8H16O.2CH4/c1-5(2)7(9)8(10)6(3)4;1-5(2)7-8(9-7)6(3)4;;/h5-10H,1-4H3;5-8H,1-4H3;2*1H4. The van der Waals surface area contributed by atoms with E-state index in [2.05, 4.69) is 27.7 Å². The summed E-state index contributed by atoms with van der Waals surface area (Å²) in [6.45, 7) is 16.5. The lowest BCUT2D eigenvalue weighted by molar-refractivity contribution is -0.0320. The van der Waals surface area contributed by atoms with Crippen LogP contribution in [0.2, 0.25) is 0 Å². The van der Waals surface area contributed by atoms with Gasteiger partial charge in [-0.05, 0) is 23.7 Å². The van der Waals surface area contributed by atoms with Gasteiger partial charge in [-0.25, -0.2) is 0 Å². The van der Waals surface area contributed by atoms with Crippen molar-refractivity contribution in [3.05, 3.63) is 0 Å². The van der Waals surface area contributed by atoms with Gasteiger partial charge in [-0.1, -0.05) is 70.2 Å². The van der Waals surface area contributed by atoms with Gasteiger partial charge in [0, 0.05) is 0 Å². The monoisotopic (exact) mass is 306 g/mol. The van der Waals surface area contributed by atoms with Gasteiger partial charge in [-0.15, -0.1) is 0 Å². The molecule has 21 heavy (non-hydrogen) atoms. The molecule has 0 amide bonds. The number of aliphatic hydroxyl groups excluding tert-OH is 2. The van der Waals surface area contributed by atoms with Crippen molar-refractivity contribution in [2.75, 3.05) is 0 Å². The van der Waals surface area contributed by atoms with Crippen LogP contribution >= 0.6 is 0 Å². The molecule has 132 valence electrons. The summed E-state index contributed by atoms with van der Waals surface area (Å²) < 4.78 is 5.44. The highest BCUT2D eigenvalue weighted by atomic mass is 16.6. The van der Waals surface area contributed by atoms with E-state index in [1.807, 2.05) is 27.7 Å². The van der Waals surface area contributed by atoms with Gasteiger partial charge in [0.1, 0.15) is 0 Å². The summed E-state index contributed by atoms with van der Waals surface area (Å²) in [6, 6.07) is 0. The fraction of sp³-hybridized carbons (Fsp3) is 1.00. The average molecular weight is 307 g/mol. The van der Waals surface area contributed by atoms with Crippen molar-refractivity contribution in [3.63, 3.8) is 0 Å². The molecule has 0 spiro atoms. The molecule has 1 aliphatic rings. The van der Waals surface area contributed by atoms with Crippen LogP contribution in [0.3, 0.4) is 0 Å². The number of aliphatic hydroxyl groups is 2. The highest BCUT2D eigenvalue weighted by molar-refractivity contribution is 4.88. The van der Waals surface area contributed by atoms with E-state index < -0.39 is 12.2 Å². The topological polar surface area (TPSA) is 53.0 Å². The molecule has 3 nitrogen and oxygen atoms in total. The molecule has 0 aromatic heterocycles. The van der Waals surface area contributed by atoms with E-state index in [-0.39, 0.29) is 26.7 Å². The number of hydrogen-bond donors (Lipinski definition) is 2. The van der Waals surface area contributed by atoms with E-state index in [0.717, 1.165) is 0 Å². The zero-order valence-electron chi connectivity index (χ0n) is 13.9. The van der Waals surface area contributed by atoms with Crippen LogP contribution in [-0.4, -0.2) is 34.6 Å². The van der Waals surface area contributed by atoms with Gasteiger partial charge < -0.3 is 14.9 Å². The van der Waals surface area contributed by atoms with E-state index in [0.29, 0.717) is 24.0 Å². The molecule has 1 saturated heterocycles. The Morgan fingerprint density at radius 1 is 0.619 bits per heavy atom. The molecule has 0 radical (unpaired) electrons. The Kier molecular flexibility index (Phi) is 14.1. The van der Waals surface area contributed by atoms with Gasteiger partial charge in [0.2, 0.25) is 0 Å². The molecule has 2 N–H and O–H groups in total. The highest BCUT2D eigenvalue weighted by Crippen LogP contribution is 2.34. The summed E-state index contributed by atoms with van der Waals surface area (Å²) in [4.78, 5) is 0. The average Bonchev–Trinajstić information content (AvgIpc) is 3.07. The second-order valence-corrected chi connectivity index (χ2v) is 7.02. The lowest BCUT2D eigenvalue weighted by Crippen LogP contribution is -2.34. The SMILES string of the molecule is C.C.CC(C)C(O)C(O)C(C)C.CC(C)C1OC1C(C)C. The van der Waals surface area contributed by atoms with Crippen molar-refractivity contribution in [1.29, 1.82) is 0 Å². The Morgan fingerprint density at radius 2 is 0.857 bits per heavy atom. The second kappa shape index (κ2) is 11.4. The van der Waals surface area contributed by atoms with E-state index in [9.17, 15) is 10.2 Å². The van der Waals surface area contributed by atoms with Crippen LogP contribution in [0.5, 0.6) is 0 Å². The van der Waals surface area contributed by atoms with Crippen molar-refractivity contribution in [3.8, 4) is 0 Å². The molecule has 0 saturated carbocycles. The van der Waals surface area contributed by atoms with Gasteiger partial charge in [-0.3, -0.25) is 0 Å². The number of epoxide rings is 1. The van der Waals surface area contributed by atoms with Crippen molar-refractivity contribution < 1.29 is 14.9 Å². The van der Waals surface area contributed by atoms with Crippen molar-refractivity contribution >= 4 is 0 Å². The summed E-state index contributed by atoms with van der Waals surface area (Å²) >= 11 is 0. The predicted octanol–water partition coefficient (Wildman–Crippen LogP) is 4.36. The van der Waals surface area contributed by atoms with Gasteiger partial charge in [0.25, 0.3) is 0 Å². The summed E-state index contributed by atoms with van der Waals surface area (Å²) in [7, 11) is 0. The third kappa shape index (κ3) is 9.49. The zero-order chi connectivity index (χ0) is 15.3. The highest BCUT2D eigenvalue weighted by Gasteiger charge is 2.42. The van der Waals surface area contributed by atoms with E-state index in [1.165, 1.54) is 0 Å². The van der Waals surface area contributed by atoms with Gasteiger partial charge in [0.15, 0.2) is 0 Å². The molecule has 0 aromatic rings. The van der Waals surface area contributed by atoms with Crippen molar-refractivity contribution in [2.24, 2.45) is 23.7 Å². The van der Waals surface area contributed by atoms with Crippen LogP contribution in [0.4, 0.5) is 0 Å². The first-order chi connectivity index (χ1) is 8.59. The number of hydrogen-bond acceptors (Lipinski definition) is 3. The Morgan fingerprint density at radius 3 is 0.952 bits per heavy atom. The Balaban J connectivity index is -0.000000282. The molecule has 1 heterocycles. The molecular formula is C18H42O3. The summed E-state index contributed by atoms with van der Waals surface area (Å²) in [6.07, 6.45) is -0.0463.